The molecule has 2 heterocycles. The molecule has 0 bridgehead atoms. The molecule has 2 aromatic carbocycles. The van der Waals surface area contributed by atoms with Gasteiger partial charge >= 0.3 is 5.97 Å². The average molecular weight is 423 g/mol. The normalized spacial score (nSPS) is 11.5. The molecule has 0 fully saturated rings. The molecule has 0 amide bonds. The molecule has 0 saturated carbocycles. The van der Waals surface area contributed by atoms with E-state index in [0.717, 1.165) is 16.8 Å². The summed E-state index contributed by atoms with van der Waals surface area (Å²) in [4.78, 5) is 25.5. The topological polar surface area (TPSA) is 78.5 Å². The molecule has 0 N–H and O–H groups in total. The van der Waals surface area contributed by atoms with Gasteiger partial charge in [-0.15, -0.1) is 10.2 Å². The maximum absolute atomic E-state index is 13.4. The van der Waals surface area contributed by atoms with Gasteiger partial charge in [-0.05, 0) is 51.0 Å². The zero-order valence-electron chi connectivity index (χ0n) is 17.2. The molecule has 30 heavy (non-hydrogen) atoms. The number of para-hydroxylation sites is 2. The molecule has 0 radical (unpaired) electrons. The molecule has 0 aliphatic carbocycles. The lowest BCUT2D eigenvalue weighted by molar-refractivity contribution is -0.144. The van der Waals surface area contributed by atoms with Crippen molar-refractivity contribution in [1.29, 1.82) is 0 Å². The standard InChI is InChI=1S/C22H22N4O3S/c1-13(2)29-18(27)12-30-22-24-23-21-25(22)17-11-6-5-10-16(17)20(28)26(21)19-14(3)8-7-9-15(19)4/h5-11,13H,12H2,1-4H3. The van der Waals surface area contributed by atoms with Gasteiger partial charge in [0, 0.05) is 0 Å². The Labute approximate surface area is 177 Å². The molecule has 4 aromatic rings. The molecular formula is C22H22N4O3S. The van der Waals surface area contributed by atoms with Crippen LogP contribution in [0.1, 0.15) is 25.0 Å². The lowest BCUT2D eigenvalue weighted by Gasteiger charge is -2.15. The monoisotopic (exact) mass is 422 g/mol. The van der Waals surface area contributed by atoms with Gasteiger partial charge < -0.3 is 4.74 Å². The van der Waals surface area contributed by atoms with Crippen molar-refractivity contribution in [3.63, 3.8) is 0 Å². The fourth-order valence-corrected chi connectivity index (χ4v) is 4.28. The lowest BCUT2D eigenvalue weighted by atomic mass is 10.1. The Bertz CT molecular complexity index is 1300. The van der Waals surface area contributed by atoms with Gasteiger partial charge in [-0.2, -0.15) is 0 Å². The van der Waals surface area contributed by atoms with Gasteiger partial charge in [-0.1, -0.05) is 42.1 Å². The van der Waals surface area contributed by atoms with Crippen molar-refractivity contribution in [2.75, 3.05) is 5.75 Å². The minimum Gasteiger partial charge on any atom is -0.462 e. The van der Waals surface area contributed by atoms with E-state index in [1.807, 2.05) is 68.5 Å². The van der Waals surface area contributed by atoms with Crippen molar-refractivity contribution in [3.8, 4) is 5.69 Å². The third kappa shape index (κ3) is 3.47. The number of carbonyl (C=O) groups is 1. The number of thioether (sulfide) groups is 1. The summed E-state index contributed by atoms with van der Waals surface area (Å²) in [6.45, 7) is 7.56. The molecule has 8 heteroatoms. The molecule has 0 aliphatic rings. The largest absolute Gasteiger partial charge is 0.462 e. The highest BCUT2D eigenvalue weighted by Crippen LogP contribution is 2.25. The summed E-state index contributed by atoms with van der Waals surface area (Å²) < 4.78 is 8.66. The van der Waals surface area contributed by atoms with E-state index in [2.05, 4.69) is 10.2 Å². The Hall–Kier alpha value is -3.13. The van der Waals surface area contributed by atoms with Crippen LogP contribution >= 0.6 is 11.8 Å². The second-order valence-electron chi connectivity index (χ2n) is 7.34. The molecule has 7 nitrogen and oxygen atoms in total. The molecule has 0 spiro atoms. The number of aryl methyl sites for hydroxylation is 2. The Kier molecular flexibility index (Phi) is 5.34. The van der Waals surface area contributed by atoms with E-state index in [1.165, 1.54) is 11.8 Å². The van der Waals surface area contributed by atoms with Gasteiger partial charge in [-0.25, -0.2) is 4.57 Å². The zero-order chi connectivity index (χ0) is 21.4. The summed E-state index contributed by atoms with van der Waals surface area (Å²) in [5.74, 6) is 0.200. The number of benzene rings is 2. The molecule has 154 valence electrons. The predicted molar refractivity (Wildman–Crippen MR) is 118 cm³/mol. The molecular weight excluding hydrogens is 400 g/mol. The number of hydrogen-bond donors (Lipinski definition) is 0. The van der Waals surface area contributed by atoms with Crippen molar-refractivity contribution >= 4 is 34.4 Å². The fourth-order valence-electron chi connectivity index (χ4n) is 3.55. The van der Waals surface area contributed by atoms with Crippen LogP contribution in [0.3, 0.4) is 0 Å². The van der Waals surface area contributed by atoms with E-state index in [0.29, 0.717) is 21.8 Å². The van der Waals surface area contributed by atoms with Crippen LogP contribution in [0.4, 0.5) is 0 Å². The first kappa shape index (κ1) is 20.2. The van der Waals surface area contributed by atoms with Crippen LogP contribution in [-0.2, 0) is 9.53 Å². The summed E-state index contributed by atoms with van der Waals surface area (Å²) in [7, 11) is 0. The number of aromatic nitrogens is 4. The smallest absolute Gasteiger partial charge is 0.316 e. The van der Waals surface area contributed by atoms with Gasteiger partial charge in [0.1, 0.15) is 0 Å². The molecule has 0 aliphatic heterocycles. The number of esters is 1. The second-order valence-corrected chi connectivity index (χ2v) is 8.29. The Balaban J connectivity index is 1.96. The maximum atomic E-state index is 13.4. The first-order valence-corrected chi connectivity index (χ1v) is 10.6. The summed E-state index contributed by atoms with van der Waals surface area (Å²) in [6, 6.07) is 13.3. The van der Waals surface area contributed by atoms with Gasteiger partial charge in [0.2, 0.25) is 5.78 Å². The Morgan fingerprint density at radius 1 is 1.07 bits per heavy atom. The minimum absolute atomic E-state index is 0.107. The molecule has 0 unspecified atom stereocenters. The van der Waals surface area contributed by atoms with Gasteiger partial charge in [0.15, 0.2) is 5.16 Å². The van der Waals surface area contributed by atoms with E-state index in [4.69, 9.17) is 4.74 Å². The summed E-state index contributed by atoms with van der Waals surface area (Å²) in [5, 5.41) is 9.71. The van der Waals surface area contributed by atoms with E-state index >= 15 is 0 Å². The van der Waals surface area contributed by atoms with Crippen molar-refractivity contribution in [1.82, 2.24) is 19.2 Å². The average Bonchev–Trinajstić information content (AvgIpc) is 3.12. The van der Waals surface area contributed by atoms with Gasteiger partial charge in [-0.3, -0.25) is 14.0 Å². The number of nitrogens with zero attached hydrogens (tertiary/aromatic N) is 4. The van der Waals surface area contributed by atoms with Crippen LogP contribution in [0.2, 0.25) is 0 Å². The molecule has 0 atom stereocenters. The van der Waals surface area contributed by atoms with Crippen LogP contribution in [0, 0.1) is 13.8 Å². The maximum Gasteiger partial charge on any atom is 0.316 e. The third-order valence-corrected chi connectivity index (χ3v) is 5.65. The second kappa shape index (κ2) is 7.95. The van der Waals surface area contributed by atoms with Crippen molar-refractivity contribution in [2.45, 2.75) is 39.0 Å². The van der Waals surface area contributed by atoms with Crippen LogP contribution in [0.25, 0.3) is 22.4 Å². The van der Waals surface area contributed by atoms with E-state index in [-0.39, 0.29) is 23.4 Å². The SMILES string of the molecule is Cc1cccc(C)c1-n1c(=O)c2ccccc2n2c(SCC(=O)OC(C)C)nnc12. The summed E-state index contributed by atoms with van der Waals surface area (Å²) in [5.41, 5.74) is 3.27. The van der Waals surface area contributed by atoms with Crippen LogP contribution in [-0.4, -0.2) is 37.0 Å². The quantitative estimate of drug-likeness (QED) is 0.361. The number of fused-ring (bicyclic) bond motifs is 3. The summed E-state index contributed by atoms with van der Waals surface area (Å²) in [6.07, 6.45) is -0.178. The predicted octanol–water partition coefficient (Wildman–Crippen LogP) is 3.69. The van der Waals surface area contributed by atoms with Crippen molar-refractivity contribution in [3.05, 3.63) is 63.9 Å². The Morgan fingerprint density at radius 3 is 2.47 bits per heavy atom. The van der Waals surface area contributed by atoms with Crippen molar-refractivity contribution < 1.29 is 9.53 Å². The summed E-state index contributed by atoms with van der Waals surface area (Å²) >= 11 is 1.24. The first-order chi connectivity index (χ1) is 14.4. The molecule has 4 rings (SSSR count). The van der Waals surface area contributed by atoms with E-state index in [9.17, 15) is 9.59 Å². The Morgan fingerprint density at radius 2 is 1.77 bits per heavy atom. The van der Waals surface area contributed by atoms with Crippen LogP contribution in [0.15, 0.2) is 52.4 Å². The third-order valence-electron chi connectivity index (χ3n) is 4.74. The van der Waals surface area contributed by atoms with E-state index < -0.39 is 0 Å². The molecule has 0 saturated heterocycles. The zero-order valence-corrected chi connectivity index (χ0v) is 18.1. The van der Waals surface area contributed by atoms with Crippen LogP contribution in [0.5, 0.6) is 0 Å². The lowest BCUT2D eigenvalue weighted by Crippen LogP contribution is -2.23. The van der Waals surface area contributed by atoms with Crippen LogP contribution < -0.4 is 5.56 Å². The number of carbonyl (C=O) groups excluding carboxylic acids is 1. The number of rotatable bonds is 5. The first-order valence-electron chi connectivity index (χ1n) is 9.66. The van der Waals surface area contributed by atoms with Gasteiger partial charge in [0.05, 0.1) is 28.4 Å². The minimum atomic E-state index is -0.320. The van der Waals surface area contributed by atoms with Crippen molar-refractivity contribution in [2.24, 2.45) is 0 Å². The highest BCUT2D eigenvalue weighted by Gasteiger charge is 2.20. The fraction of sp³-hybridized carbons (Fsp3) is 0.273. The number of hydrogen-bond acceptors (Lipinski definition) is 6. The highest BCUT2D eigenvalue weighted by molar-refractivity contribution is 7.99. The van der Waals surface area contributed by atoms with Gasteiger partial charge in [0.25, 0.3) is 5.56 Å². The van der Waals surface area contributed by atoms with E-state index in [1.54, 1.807) is 10.6 Å². The highest BCUT2D eigenvalue weighted by atomic mass is 32.2. The molecule has 2 aromatic heterocycles. The number of ether oxygens (including phenoxy) is 1.